The van der Waals surface area contributed by atoms with Gasteiger partial charge < -0.3 is 0 Å². The maximum Gasteiger partial charge on any atom is -0.0443 e. The Labute approximate surface area is 79.1 Å². The van der Waals surface area contributed by atoms with E-state index in [0.29, 0.717) is 0 Å². The van der Waals surface area contributed by atoms with Crippen LogP contribution in [0, 0.1) is 11.8 Å². The van der Waals surface area contributed by atoms with Gasteiger partial charge in [-0.3, -0.25) is 0 Å². The standard InChI is InChI=1S/C8H16.C2H6.C2H4/c1-7-3-5-8(2)6-4-7;2*1-2/h7-8H,3-6H2,1-2H3;1-2H3;1-2H2. The molecule has 74 valence electrons. The summed E-state index contributed by atoms with van der Waals surface area (Å²) in [5.74, 6) is 2.04. The summed E-state index contributed by atoms with van der Waals surface area (Å²) < 4.78 is 0. The van der Waals surface area contributed by atoms with Crippen LogP contribution in [0.4, 0.5) is 0 Å². The van der Waals surface area contributed by atoms with Crippen LogP contribution >= 0.6 is 0 Å². The van der Waals surface area contributed by atoms with E-state index in [9.17, 15) is 0 Å². The lowest BCUT2D eigenvalue weighted by Crippen LogP contribution is -2.08. The number of hydrogen-bond donors (Lipinski definition) is 0. The zero-order valence-electron chi connectivity index (χ0n) is 9.40. The van der Waals surface area contributed by atoms with Gasteiger partial charge in [0, 0.05) is 0 Å². The third-order valence-corrected chi connectivity index (χ3v) is 2.30. The van der Waals surface area contributed by atoms with E-state index in [1.165, 1.54) is 25.7 Å². The smallest absolute Gasteiger partial charge is 0.0443 e. The van der Waals surface area contributed by atoms with Crippen LogP contribution in [0.5, 0.6) is 0 Å². The summed E-state index contributed by atoms with van der Waals surface area (Å²) in [6.45, 7) is 14.7. The molecule has 0 saturated heterocycles. The minimum atomic E-state index is 1.02. The van der Waals surface area contributed by atoms with Crippen LogP contribution in [0.15, 0.2) is 13.2 Å². The molecular formula is C12H26. The van der Waals surface area contributed by atoms with Crippen molar-refractivity contribution >= 4 is 0 Å². The topological polar surface area (TPSA) is 0 Å². The van der Waals surface area contributed by atoms with E-state index in [4.69, 9.17) is 0 Å². The Balaban J connectivity index is 0. The third-order valence-electron chi connectivity index (χ3n) is 2.30. The van der Waals surface area contributed by atoms with Gasteiger partial charge in [0.25, 0.3) is 0 Å². The normalized spacial score (nSPS) is 27.3. The van der Waals surface area contributed by atoms with Gasteiger partial charge in [0.1, 0.15) is 0 Å². The summed E-state index contributed by atoms with van der Waals surface area (Å²) in [6.07, 6.45) is 5.89. The molecular weight excluding hydrogens is 144 g/mol. The van der Waals surface area contributed by atoms with Crippen molar-refractivity contribution in [3.8, 4) is 0 Å². The molecule has 1 saturated carbocycles. The molecule has 12 heavy (non-hydrogen) atoms. The molecule has 0 radical (unpaired) electrons. The van der Waals surface area contributed by atoms with Gasteiger partial charge in [0.05, 0.1) is 0 Å². The fraction of sp³-hybridized carbons (Fsp3) is 0.833. The highest BCUT2D eigenvalue weighted by Gasteiger charge is 2.13. The van der Waals surface area contributed by atoms with Crippen LogP contribution in [0.3, 0.4) is 0 Å². The predicted octanol–water partition coefficient (Wildman–Crippen LogP) is 4.66. The second-order valence-corrected chi connectivity index (χ2v) is 3.37. The molecule has 0 aromatic heterocycles. The predicted molar refractivity (Wildman–Crippen MR) is 59.4 cm³/mol. The van der Waals surface area contributed by atoms with Crippen LogP contribution in [0.2, 0.25) is 0 Å². The first-order valence-corrected chi connectivity index (χ1v) is 5.29. The van der Waals surface area contributed by atoms with Gasteiger partial charge >= 0.3 is 0 Å². The first-order valence-electron chi connectivity index (χ1n) is 5.29. The lowest BCUT2D eigenvalue weighted by atomic mass is 9.84. The third kappa shape index (κ3) is 7.84. The van der Waals surface area contributed by atoms with Crippen LogP contribution in [-0.2, 0) is 0 Å². The molecule has 0 aromatic carbocycles. The molecule has 0 spiro atoms. The average Bonchev–Trinajstić information content (AvgIpc) is 2.17. The highest BCUT2D eigenvalue weighted by Crippen LogP contribution is 2.27. The molecule has 0 heterocycles. The van der Waals surface area contributed by atoms with Gasteiger partial charge in [-0.1, -0.05) is 53.4 Å². The summed E-state index contributed by atoms with van der Waals surface area (Å²) in [7, 11) is 0. The molecule has 0 heteroatoms. The first kappa shape index (κ1) is 14.3. The van der Waals surface area contributed by atoms with E-state index in [2.05, 4.69) is 27.0 Å². The summed E-state index contributed by atoms with van der Waals surface area (Å²) in [5, 5.41) is 0. The van der Waals surface area contributed by atoms with Crippen molar-refractivity contribution in [2.75, 3.05) is 0 Å². The van der Waals surface area contributed by atoms with Crippen molar-refractivity contribution in [1.82, 2.24) is 0 Å². The van der Waals surface area contributed by atoms with Gasteiger partial charge in [0.15, 0.2) is 0 Å². The quantitative estimate of drug-likeness (QED) is 0.464. The fourth-order valence-electron chi connectivity index (χ4n) is 1.43. The Morgan fingerprint density at radius 3 is 1.08 bits per heavy atom. The van der Waals surface area contributed by atoms with E-state index in [1.54, 1.807) is 0 Å². The maximum absolute atomic E-state index is 3.00. The monoisotopic (exact) mass is 170 g/mol. The van der Waals surface area contributed by atoms with Crippen LogP contribution < -0.4 is 0 Å². The van der Waals surface area contributed by atoms with E-state index in [1.807, 2.05) is 13.8 Å². The van der Waals surface area contributed by atoms with Gasteiger partial charge in [-0.25, -0.2) is 0 Å². The highest BCUT2D eigenvalue weighted by molar-refractivity contribution is 4.65. The molecule has 1 aliphatic rings. The van der Waals surface area contributed by atoms with Crippen molar-refractivity contribution < 1.29 is 0 Å². The minimum Gasteiger partial charge on any atom is -0.106 e. The molecule has 0 amide bonds. The van der Waals surface area contributed by atoms with Crippen LogP contribution in [0.25, 0.3) is 0 Å². The second kappa shape index (κ2) is 10.7. The molecule has 1 fully saturated rings. The van der Waals surface area contributed by atoms with Crippen LogP contribution in [0.1, 0.15) is 53.4 Å². The lowest BCUT2D eigenvalue weighted by molar-refractivity contribution is 0.308. The van der Waals surface area contributed by atoms with E-state index in [-0.39, 0.29) is 0 Å². The van der Waals surface area contributed by atoms with Crippen LogP contribution in [-0.4, -0.2) is 0 Å². The zero-order chi connectivity index (χ0) is 9.98. The van der Waals surface area contributed by atoms with Crippen molar-refractivity contribution in [3.63, 3.8) is 0 Å². The Morgan fingerprint density at radius 2 is 0.917 bits per heavy atom. The number of rotatable bonds is 0. The summed E-state index contributed by atoms with van der Waals surface area (Å²) >= 11 is 0. The van der Waals surface area contributed by atoms with Gasteiger partial charge in [-0.05, 0) is 11.8 Å². The largest absolute Gasteiger partial charge is 0.106 e. The molecule has 0 aliphatic heterocycles. The van der Waals surface area contributed by atoms with Crippen molar-refractivity contribution in [2.24, 2.45) is 11.8 Å². The Kier molecular flexibility index (Phi) is 12.8. The van der Waals surface area contributed by atoms with Gasteiger partial charge in [0.2, 0.25) is 0 Å². The zero-order valence-corrected chi connectivity index (χ0v) is 9.40. The Hall–Kier alpha value is -0.260. The SMILES string of the molecule is C=C.CC.CC1CCC(C)CC1. The summed E-state index contributed by atoms with van der Waals surface area (Å²) in [5.41, 5.74) is 0. The second-order valence-electron chi connectivity index (χ2n) is 3.37. The summed E-state index contributed by atoms with van der Waals surface area (Å²) in [6, 6.07) is 0. The van der Waals surface area contributed by atoms with E-state index >= 15 is 0 Å². The molecule has 0 N–H and O–H groups in total. The maximum atomic E-state index is 3.00. The lowest BCUT2D eigenvalue weighted by Gasteiger charge is -2.22. The molecule has 0 bridgehead atoms. The first-order chi connectivity index (χ1) is 5.79. The van der Waals surface area contributed by atoms with Crippen molar-refractivity contribution in [3.05, 3.63) is 13.2 Å². The Morgan fingerprint density at radius 1 is 0.750 bits per heavy atom. The van der Waals surface area contributed by atoms with Crippen molar-refractivity contribution in [1.29, 1.82) is 0 Å². The van der Waals surface area contributed by atoms with Gasteiger partial charge in [-0.15, -0.1) is 13.2 Å². The van der Waals surface area contributed by atoms with E-state index < -0.39 is 0 Å². The van der Waals surface area contributed by atoms with E-state index in [0.717, 1.165) is 11.8 Å². The minimum absolute atomic E-state index is 1.02. The van der Waals surface area contributed by atoms with Crippen molar-refractivity contribution in [2.45, 2.75) is 53.4 Å². The fourth-order valence-corrected chi connectivity index (χ4v) is 1.43. The molecule has 0 atom stereocenters. The summed E-state index contributed by atoms with van der Waals surface area (Å²) in [4.78, 5) is 0. The average molecular weight is 170 g/mol. The molecule has 0 aromatic rings. The molecule has 0 unspecified atom stereocenters. The Bertz CT molecular complexity index is 58.1. The number of hydrogen-bond acceptors (Lipinski definition) is 0. The highest BCUT2D eigenvalue weighted by atomic mass is 14.2. The van der Waals surface area contributed by atoms with Gasteiger partial charge in [-0.2, -0.15) is 0 Å². The molecule has 1 rings (SSSR count). The molecule has 0 nitrogen and oxygen atoms in total. The molecule has 1 aliphatic carbocycles.